The van der Waals surface area contributed by atoms with E-state index in [-0.39, 0.29) is 17.2 Å². The van der Waals surface area contributed by atoms with Crippen LogP contribution < -0.4 is 16.8 Å². The van der Waals surface area contributed by atoms with Gasteiger partial charge in [0.25, 0.3) is 5.91 Å². The third-order valence-electron chi connectivity index (χ3n) is 5.02. The molecule has 4 rings (SSSR count). The number of para-hydroxylation sites is 1. The van der Waals surface area contributed by atoms with E-state index < -0.39 is 23.9 Å². The number of nitrogens with zero attached hydrogens (tertiary/aromatic N) is 3. The topological polar surface area (TPSA) is 138 Å². The van der Waals surface area contributed by atoms with E-state index in [2.05, 4.69) is 15.4 Å². The van der Waals surface area contributed by atoms with Crippen LogP contribution in [0, 0.1) is 5.82 Å². The Hall–Kier alpha value is -4.73. The summed E-state index contributed by atoms with van der Waals surface area (Å²) in [6, 6.07) is 16.2. The number of pyridine rings is 1. The molecule has 10 heteroatoms. The highest BCUT2D eigenvalue weighted by molar-refractivity contribution is 6.05. The zero-order chi connectivity index (χ0) is 24.1. The van der Waals surface area contributed by atoms with Crippen molar-refractivity contribution in [2.75, 3.05) is 11.1 Å². The maximum Gasteiger partial charge on any atom is 0.405 e. The van der Waals surface area contributed by atoms with Gasteiger partial charge in [-0.2, -0.15) is 0 Å². The number of primary amides is 1. The summed E-state index contributed by atoms with van der Waals surface area (Å²) >= 11 is 0. The van der Waals surface area contributed by atoms with E-state index >= 15 is 0 Å². The van der Waals surface area contributed by atoms with Gasteiger partial charge in [0.2, 0.25) is 0 Å². The number of amides is 2. The molecule has 0 fully saturated rings. The van der Waals surface area contributed by atoms with Gasteiger partial charge in [-0.05, 0) is 41.5 Å². The van der Waals surface area contributed by atoms with E-state index in [4.69, 9.17) is 16.2 Å². The van der Waals surface area contributed by atoms with Gasteiger partial charge in [0, 0.05) is 24.4 Å². The lowest BCUT2D eigenvalue weighted by molar-refractivity contribution is 0.102. The van der Waals surface area contributed by atoms with Crippen molar-refractivity contribution in [1.82, 2.24) is 14.8 Å². The summed E-state index contributed by atoms with van der Waals surface area (Å²) in [5.41, 5.74) is 13.4. The number of halogens is 1. The quantitative estimate of drug-likeness (QED) is 0.385. The standard InChI is InChI=1S/C24H21FN6O3/c25-18-5-1-2-6-20(18)31-14-19(26)22(30-31)29-23(32)17-9-7-16(8-10-17)21(34-24(27)33)12-15-4-3-11-28-13-15/h1-11,13-14,21H,12,26H2,(H2,27,33)(H,29,30,32). The lowest BCUT2D eigenvalue weighted by atomic mass is 10.0. The molecule has 172 valence electrons. The molecule has 0 radical (unpaired) electrons. The number of anilines is 2. The Morgan fingerprint density at radius 2 is 1.85 bits per heavy atom. The molecule has 1 atom stereocenters. The Bertz CT molecular complexity index is 1310. The molecule has 0 saturated heterocycles. The van der Waals surface area contributed by atoms with Gasteiger partial charge in [0.1, 0.15) is 17.6 Å². The van der Waals surface area contributed by atoms with Crippen LogP contribution in [0.1, 0.15) is 27.6 Å². The normalized spacial score (nSPS) is 11.6. The van der Waals surface area contributed by atoms with Gasteiger partial charge < -0.3 is 21.5 Å². The number of nitrogen functional groups attached to an aromatic ring is 1. The average molecular weight is 460 g/mol. The van der Waals surface area contributed by atoms with Crippen LogP contribution in [0.3, 0.4) is 0 Å². The van der Waals surface area contributed by atoms with Gasteiger partial charge >= 0.3 is 6.09 Å². The highest BCUT2D eigenvalue weighted by Gasteiger charge is 2.18. The minimum atomic E-state index is -0.906. The molecule has 2 heterocycles. The Kier molecular flexibility index (Phi) is 6.49. The van der Waals surface area contributed by atoms with Crippen molar-refractivity contribution in [2.24, 2.45) is 5.73 Å². The Morgan fingerprint density at radius 1 is 1.09 bits per heavy atom. The van der Waals surface area contributed by atoms with E-state index in [1.807, 2.05) is 6.07 Å². The fraction of sp³-hybridized carbons (Fsp3) is 0.0833. The van der Waals surface area contributed by atoms with Crippen molar-refractivity contribution < 1.29 is 18.7 Å². The first-order chi connectivity index (χ1) is 16.4. The molecule has 0 spiro atoms. The summed E-state index contributed by atoms with van der Waals surface area (Å²) in [5, 5.41) is 6.80. The summed E-state index contributed by atoms with van der Waals surface area (Å²) in [5.74, 6) is -0.835. The Balaban J connectivity index is 1.49. The smallest absolute Gasteiger partial charge is 0.405 e. The van der Waals surface area contributed by atoms with Crippen LogP contribution in [0.2, 0.25) is 0 Å². The molecule has 0 saturated carbocycles. The molecular formula is C24H21FN6O3. The SMILES string of the molecule is NC(=O)OC(Cc1cccnc1)c1ccc(C(=O)Nc2nn(-c3ccccc3F)cc2N)cc1. The summed E-state index contributed by atoms with van der Waals surface area (Å²) in [4.78, 5) is 28.2. The van der Waals surface area contributed by atoms with E-state index in [0.29, 0.717) is 17.5 Å². The zero-order valence-corrected chi connectivity index (χ0v) is 17.9. The second-order valence-electron chi connectivity index (χ2n) is 7.40. The molecule has 0 bridgehead atoms. The number of hydrogen-bond donors (Lipinski definition) is 3. The molecule has 0 aliphatic carbocycles. The molecule has 1 unspecified atom stereocenters. The van der Waals surface area contributed by atoms with Crippen LogP contribution in [0.25, 0.3) is 5.69 Å². The van der Waals surface area contributed by atoms with Crippen molar-refractivity contribution in [1.29, 1.82) is 0 Å². The minimum absolute atomic E-state index is 0.101. The van der Waals surface area contributed by atoms with Crippen LogP contribution in [0.15, 0.2) is 79.3 Å². The number of rotatable bonds is 7. The first kappa shape index (κ1) is 22.5. The summed E-state index contributed by atoms with van der Waals surface area (Å²) in [7, 11) is 0. The summed E-state index contributed by atoms with van der Waals surface area (Å²) in [6.07, 6.45) is 3.55. The highest BCUT2D eigenvalue weighted by atomic mass is 19.1. The molecule has 34 heavy (non-hydrogen) atoms. The Morgan fingerprint density at radius 3 is 2.53 bits per heavy atom. The number of nitrogens with two attached hydrogens (primary N) is 2. The molecule has 4 aromatic rings. The van der Waals surface area contributed by atoms with Gasteiger partial charge in [-0.1, -0.05) is 30.3 Å². The van der Waals surface area contributed by atoms with Gasteiger partial charge in [-0.3, -0.25) is 9.78 Å². The number of hydrogen-bond acceptors (Lipinski definition) is 6. The molecule has 9 nitrogen and oxygen atoms in total. The summed E-state index contributed by atoms with van der Waals surface area (Å²) < 4.78 is 20.5. The van der Waals surface area contributed by atoms with Gasteiger partial charge in [0.15, 0.2) is 5.82 Å². The average Bonchev–Trinajstić information content (AvgIpc) is 3.19. The van der Waals surface area contributed by atoms with Crippen molar-refractivity contribution in [3.63, 3.8) is 0 Å². The van der Waals surface area contributed by atoms with E-state index in [9.17, 15) is 14.0 Å². The van der Waals surface area contributed by atoms with Crippen molar-refractivity contribution in [3.8, 4) is 5.69 Å². The van der Waals surface area contributed by atoms with Gasteiger partial charge in [-0.15, -0.1) is 5.10 Å². The molecule has 2 aromatic carbocycles. The maximum absolute atomic E-state index is 14.0. The number of carbonyl (C=O) groups excluding carboxylic acids is 2. The monoisotopic (exact) mass is 460 g/mol. The second-order valence-corrected chi connectivity index (χ2v) is 7.40. The fourth-order valence-corrected chi connectivity index (χ4v) is 3.37. The van der Waals surface area contributed by atoms with E-state index in [1.54, 1.807) is 60.9 Å². The number of aromatic nitrogens is 3. The van der Waals surface area contributed by atoms with Gasteiger partial charge in [-0.25, -0.2) is 13.9 Å². The minimum Gasteiger partial charge on any atom is -0.441 e. The summed E-state index contributed by atoms with van der Waals surface area (Å²) in [6.45, 7) is 0. The lowest BCUT2D eigenvalue weighted by Gasteiger charge is -2.17. The lowest BCUT2D eigenvalue weighted by Crippen LogP contribution is -2.19. The first-order valence-corrected chi connectivity index (χ1v) is 10.3. The van der Waals surface area contributed by atoms with Crippen LogP contribution in [0.5, 0.6) is 0 Å². The number of ether oxygens (including phenoxy) is 1. The van der Waals surface area contributed by atoms with Crippen molar-refractivity contribution in [3.05, 3.63) is 102 Å². The van der Waals surface area contributed by atoms with E-state index in [1.165, 1.54) is 16.9 Å². The number of benzene rings is 2. The van der Waals surface area contributed by atoms with Crippen LogP contribution in [-0.4, -0.2) is 26.8 Å². The first-order valence-electron chi connectivity index (χ1n) is 10.3. The molecule has 2 amide bonds. The Labute approximate surface area is 194 Å². The fourth-order valence-electron chi connectivity index (χ4n) is 3.37. The van der Waals surface area contributed by atoms with Crippen LogP contribution in [0.4, 0.5) is 20.7 Å². The van der Waals surface area contributed by atoms with Crippen LogP contribution >= 0.6 is 0 Å². The second kappa shape index (κ2) is 9.82. The van der Waals surface area contributed by atoms with Gasteiger partial charge in [0.05, 0.1) is 11.9 Å². The highest BCUT2D eigenvalue weighted by Crippen LogP contribution is 2.24. The third-order valence-corrected chi connectivity index (χ3v) is 5.02. The zero-order valence-electron chi connectivity index (χ0n) is 17.9. The largest absolute Gasteiger partial charge is 0.441 e. The predicted octanol–water partition coefficient (Wildman–Crippen LogP) is 3.62. The number of carbonyl (C=O) groups is 2. The predicted molar refractivity (Wildman–Crippen MR) is 124 cm³/mol. The molecule has 5 N–H and O–H groups in total. The maximum atomic E-state index is 14.0. The van der Waals surface area contributed by atoms with Crippen molar-refractivity contribution in [2.45, 2.75) is 12.5 Å². The molecule has 0 aliphatic heterocycles. The molecule has 0 aliphatic rings. The molecule has 2 aromatic heterocycles. The van der Waals surface area contributed by atoms with Crippen LogP contribution in [-0.2, 0) is 11.2 Å². The van der Waals surface area contributed by atoms with Crippen molar-refractivity contribution >= 4 is 23.5 Å². The third kappa shape index (κ3) is 5.18. The number of nitrogens with one attached hydrogen (secondary N) is 1. The molecular weight excluding hydrogens is 439 g/mol. The van der Waals surface area contributed by atoms with E-state index in [0.717, 1.165) is 5.56 Å².